The molecule has 0 radical (unpaired) electrons. The van der Waals surface area contributed by atoms with Crippen molar-refractivity contribution in [3.63, 3.8) is 0 Å². The van der Waals surface area contributed by atoms with E-state index in [0.29, 0.717) is 9.75 Å². The Hall–Kier alpha value is -2.10. The van der Waals surface area contributed by atoms with Crippen molar-refractivity contribution in [2.45, 2.75) is 104 Å². The minimum atomic E-state index is -0.553. The normalized spacial score (nSPS) is 11.3. The summed E-state index contributed by atoms with van der Waals surface area (Å²) in [6.07, 6.45) is 15.8. The van der Waals surface area contributed by atoms with Crippen LogP contribution in [0.25, 0.3) is 19.5 Å². The van der Waals surface area contributed by atoms with Crippen LogP contribution < -0.4 is 0 Å². The van der Waals surface area contributed by atoms with Crippen LogP contribution in [0.3, 0.4) is 0 Å². The zero-order valence-electron chi connectivity index (χ0n) is 22.0. The van der Waals surface area contributed by atoms with E-state index in [-0.39, 0.29) is 11.4 Å². The highest BCUT2D eigenvalue weighted by atomic mass is 32.1. The average molecular weight is 563 g/mol. The zero-order chi connectivity index (χ0) is 26.6. The minimum Gasteiger partial charge on any atom is -0.258 e. The van der Waals surface area contributed by atoms with Gasteiger partial charge in [0.1, 0.15) is 9.75 Å². The van der Waals surface area contributed by atoms with Crippen molar-refractivity contribution in [1.82, 2.24) is 0 Å². The highest BCUT2D eigenvalue weighted by Gasteiger charge is 2.39. The molecule has 0 fully saturated rings. The second kappa shape index (κ2) is 15.3. The van der Waals surface area contributed by atoms with Crippen LogP contribution in [0, 0.1) is 20.2 Å². The Labute approximate surface area is 232 Å². The van der Waals surface area contributed by atoms with Gasteiger partial charge in [0.15, 0.2) is 0 Å². The highest BCUT2D eigenvalue weighted by Crippen LogP contribution is 2.54. The molecule has 0 atom stereocenters. The summed E-state index contributed by atoms with van der Waals surface area (Å²) < 4.78 is 0. The fourth-order valence-electron chi connectivity index (χ4n) is 4.72. The fourth-order valence-corrected chi connectivity index (χ4v) is 8.23. The monoisotopic (exact) mass is 562 g/mol. The van der Waals surface area contributed by atoms with Gasteiger partial charge in [0.05, 0.1) is 19.6 Å². The molecule has 202 valence electrons. The lowest BCUT2D eigenvalue weighted by Gasteiger charge is -2.03. The molecule has 0 aromatic carbocycles. The largest absolute Gasteiger partial charge is 0.366 e. The van der Waals surface area contributed by atoms with Crippen LogP contribution in [0.1, 0.15) is 102 Å². The van der Waals surface area contributed by atoms with Crippen LogP contribution >= 0.6 is 34.0 Å². The third-order valence-electron chi connectivity index (χ3n) is 6.73. The third kappa shape index (κ3) is 7.94. The van der Waals surface area contributed by atoms with Crippen molar-refractivity contribution in [2.24, 2.45) is 0 Å². The van der Waals surface area contributed by atoms with E-state index in [2.05, 4.69) is 13.8 Å². The van der Waals surface area contributed by atoms with E-state index in [1.165, 1.54) is 85.4 Å². The summed E-state index contributed by atoms with van der Waals surface area (Å²) in [6, 6.07) is 4.05. The summed E-state index contributed by atoms with van der Waals surface area (Å²) >= 11 is 4.13. The Morgan fingerprint density at radius 2 is 0.973 bits per heavy atom. The molecule has 0 bridgehead atoms. The smallest absolute Gasteiger partial charge is 0.258 e. The lowest BCUT2D eigenvalue weighted by molar-refractivity contribution is -0.420. The molecule has 0 aliphatic carbocycles. The Balaban J connectivity index is 1.87. The number of nitrogens with zero attached hydrogens (tertiary/aromatic N) is 2. The van der Waals surface area contributed by atoms with E-state index in [9.17, 15) is 20.2 Å². The van der Waals surface area contributed by atoms with Crippen LogP contribution in [-0.4, -0.2) is 9.85 Å². The van der Waals surface area contributed by atoms with Gasteiger partial charge in [-0.1, -0.05) is 78.1 Å². The van der Waals surface area contributed by atoms with Crippen LogP contribution in [-0.2, 0) is 12.8 Å². The van der Waals surface area contributed by atoms with Crippen molar-refractivity contribution >= 4 is 45.4 Å². The standard InChI is InChI=1S/C28H38N2O4S3/c1-3-5-7-9-11-13-15-21-17-19-35-25(21)27-23(29(31)32)24(30(33)34)28(37-27)26-22(18-20-36-26)16-14-12-10-8-6-4-2/h17-20H,3-16H2,1-2H3. The van der Waals surface area contributed by atoms with Gasteiger partial charge in [-0.2, -0.15) is 0 Å². The first-order chi connectivity index (χ1) is 18.0. The van der Waals surface area contributed by atoms with E-state index < -0.39 is 9.85 Å². The van der Waals surface area contributed by atoms with E-state index in [1.54, 1.807) is 0 Å². The van der Waals surface area contributed by atoms with Crippen LogP contribution in [0.5, 0.6) is 0 Å². The maximum atomic E-state index is 12.2. The molecule has 0 unspecified atom stereocenters. The molecule has 0 N–H and O–H groups in total. The van der Waals surface area contributed by atoms with Gasteiger partial charge in [0.25, 0.3) is 0 Å². The molecule has 0 saturated heterocycles. The second-order valence-electron chi connectivity index (χ2n) is 9.56. The molecular weight excluding hydrogens is 525 g/mol. The Bertz CT molecular complexity index is 1060. The molecular formula is C28H38N2O4S3. The van der Waals surface area contributed by atoms with Gasteiger partial charge in [-0.3, -0.25) is 20.2 Å². The first kappa shape index (κ1) is 29.5. The van der Waals surface area contributed by atoms with Gasteiger partial charge in [0, 0.05) is 0 Å². The second-order valence-corrected chi connectivity index (χ2v) is 12.4. The average Bonchev–Trinajstić information content (AvgIpc) is 3.61. The summed E-state index contributed by atoms with van der Waals surface area (Å²) in [5.41, 5.74) is 1.42. The zero-order valence-corrected chi connectivity index (χ0v) is 24.4. The van der Waals surface area contributed by atoms with Gasteiger partial charge in [-0.25, -0.2) is 0 Å². The van der Waals surface area contributed by atoms with Crippen molar-refractivity contribution in [3.8, 4) is 19.5 Å². The van der Waals surface area contributed by atoms with E-state index in [0.717, 1.165) is 59.4 Å². The summed E-state index contributed by atoms with van der Waals surface area (Å²) in [6.45, 7) is 4.40. The van der Waals surface area contributed by atoms with Crippen LogP contribution in [0.15, 0.2) is 22.9 Å². The van der Waals surface area contributed by atoms with Gasteiger partial charge in [-0.15, -0.1) is 34.0 Å². The predicted molar refractivity (Wildman–Crippen MR) is 158 cm³/mol. The first-order valence-corrected chi connectivity index (χ1v) is 16.2. The Morgan fingerprint density at radius 1 is 0.595 bits per heavy atom. The van der Waals surface area contributed by atoms with Gasteiger partial charge in [0.2, 0.25) is 0 Å². The number of nitro groups is 2. The van der Waals surface area contributed by atoms with Gasteiger partial charge >= 0.3 is 11.4 Å². The molecule has 3 heterocycles. The molecule has 3 aromatic heterocycles. The molecule has 0 amide bonds. The maximum absolute atomic E-state index is 12.2. The van der Waals surface area contributed by atoms with Crippen molar-refractivity contribution in [1.29, 1.82) is 0 Å². The lowest BCUT2D eigenvalue weighted by atomic mass is 10.0. The number of hydrogen-bond donors (Lipinski definition) is 0. The van der Waals surface area contributed by atoms with Gasteiger partial charge in [-0.05, 0) is 59.7 Å². The van der Waals surface area contributed by atoms with Crippen molar-refractivity contribution < 1.29 is 9.85 Å². The number of rotatable bonds is 18. The Morgan fingerprint density at radius 3 is 1.35 bits per heavy atom. The topological polar surface area (TPSA) is 86.3 Å². The molecule has 0 aliphatic rings. The molecule has 37 heavy (non-hydrogen) atoms. The van der Waals surface area contributed by atoms with Crippen LogP contribution in [0.4, 0.5) is 11.4 Å². The number of hydrogen-bond acceptors (Lipinski definition) is 7. The summed E-state index contributed by atoms with van der Waals surface area (Å²) in [7, 11) is 0. The molecule has 3 aromatic rings. The van der Waals surface area contributed by atoms with E-state index in [4.69, 9.17) is 0 Å². The van der Waals surface area contributed by atoms with Crippen molar-refractivity contribution in [3.05, 3.63) is 54.2 Å². The Kier molecular flexibility index (Phi) is 12.2. The minimum absolute atomic E-state index is 0.351. The highest BCUT2D eigenvalue weighted by molar-refractivity contribution is 7.27. The molecule has 0 aliphatic heterocycles. The lowest BCUT2D eigenvalue weighted by Crippen LogP contribution is -1.96. The first-order valence-electron chi connectivity index (χ1n) is 13.6. The summed E-state index contributed by atoms with van der Waals surface area (Å²) in [5.74, 6) is 0. The maximum Gasteiger partial charge on any atom is 0.366 e. The summed E-state index contributed by atoms with van der Waals surface area (Å²) in [5, 5.41) is 28.3. The molecule has 3 rings (SSSR count). The van der Waals surface area contributed by atoms with Crippen molar-refractivity contribution in [2.75, 3.05) is 0 Å². The van der Waals surface area contributed by atoms with Crippen LogP contribution in [0.2, 0.25) is 0 Å². The number of aryl methyl sites for hydroxylation is 2. The molecule has 6 nitrogen and oxygen atoms in total. The number of unbranched alkanes of at least 4 members (excludes halogenated alkanes) is 10. The fraction of sp³-hybridized carbons (Fsp3) is 0.571. The SMILES string of the molecule is CCCCCCCCc1ccsc1-c1sc(-c2sccc2CCCCCCCC)c([N+](=O)[O-])c1[N+](=O)[O-]. The quantitative estimate of drug-likeness (QED) is 0.0876. The van der Waals surface area contributed by atoms with E-state index in [1.807, 2.05) is 22.9 Å². The predicted octanol–water partition coefficient (Wildman–Crippen LogP) is 10.8. The number of thiophene rings is 3. The van der Waals surface area contributed by atoms with Gasteiger partial charge < -0.3 is 0 Å². The van der Waals surface area contributed by atoms with E-state index >= 15 is 0 Å². The molecule has 9 heteroatoms. The summed E-state index contributed by atoms with van der Waals surface area (Å²) in [4.78, 5) is 25.8. The third-order valence-corrected chi connectivity index (χ3v) is 10.1. The molecule has 0 spiro atoms. The molecule has 0 saturated carbocycles.